The van der Waals surface area contributed by atoms with Crippen LogP contribution in [0.5, 0.6) is 0 Å². The van der Waals surface area contributed by atoms with E-state index in [-0.39, 0.29) is 11.8 Å². The van der Waals surface area contributed by atoms with Crippen molar-refractivity contribution in [2.75, 3.05) is 13.7 Å². The Hall–Kier alpha value is -1.42. The molecular formula is C13H18FNO2. The lowest BCUT2D eigenvalue weighted by Gasteiger charge is -2.23. The molecule has 0 amide bonds. The third-order valence-corrected chi connectivity index (χ3v) is 2.57. The number of hydrogen-bond donors (Lipinski definition) is 1. The minimum atomic E-state index is -0.720. The summed E-state index contributed by atoms with van der Waals surface area (Å²) in [5, 5.41) is 3.08. The van der Waals surface area contributed by atoms with E-state index in [0.717, 1.165) is 5.56 Å². The van der Waals surface area contributed by atoms with Gasteiger partial charge < -0.3 is 10.1 Å². The normalized spacial score (nSPS) is 11.3. The van der Waals surface area contributed by atoms with Gasteiger partial charge in [-0.1, -0.05) is 12.1 Å². The SMILES string of the molecule is COC(=O)C(C)(C)NCCc1cccc(F)c1. The summed E-state index contributed by atoms with van der Waals surface area (Å²) in [5.74, 6) is -0.550. The van der Waals surface area contributed by atoms with Gasteiger partial charge >= 0.3 is 5.97 Å². The third kappa shape index (κ3) is 4.15. The first-order chi connectivity index (χ1) is 7.95. The zero-order chi connectivity index (χ0) is 12.9. The van der Waals surface area contributed by atoms with Crippen molar-refractivity contribution in [1.29, 1.82) is 0 Å². The molecule has 0 atom stereocenters. The second kappa shape index (κ2) is 5.77. The Bertz CT molecular complexity index is 391. The summed E-state index contributed by atoms with van der Waals surface area (Å²) in [7, 11) is 1.36. The molecule has 1 aromatic rings. The summed E-state index contributed by atoms with van der Waals surface area (Å²) in [6.45, 7) is 4.10. The first-order valence-electron chi connectivity index (χ1n) is 5.53. The van der Waals surface area contributed by atoms with Crippen molar-refractivity contribution in [2.45, 2.75) is 25.8 Å². The fourth-order valence-corrected chi connectivity index (χ4v) is 1.54. The smallest absolute Gasteiger partial charge is 0.325 e. The van der Waals surface area contributed by atoms with E-state index in [1.807, 2.05) is 6.07 Å². The summed E-state index contributed by atoms with van der Waals surface area (Å²) in [4.78, 5) is 11.4. The maximum Gasteiger partial charge on any atom is 0.325 e. The van der Waals surface area contributed by atoms with Crippen LogP contribution in [0.4, 0.5) is 4.39 Å². The molecule has 0 fully saturated rings. The van der Waals surface area contributed by atoms with Crippen molar-refractivity contribution in [3.05, 3.63) is 35.6 Å². The Morgan fingerprint density at radius 2 is 2.18 bits per heavy atom. The van der Waals surface area contributed by atoms with E-state index in [9.17, 15) is 9.18 Å². The molecule has 4 heteroatoms. The second-order valence-electron chi connectivity index (χ2n) is 4.42. The highest BCUT2D eigenvalue weighted by Gasteiger charge is 2.27. The van der Waals surface area contributed by atoms with Crippen LogP contribution in [-0.4, -0.2) is 25.2 Å². The van der Waals surface area contributed by atoms with Gasteiger partial charge in [0, 0.05) is 6.54 Å². The zero-order valence-corrected chi connectivity index (χ0v) is 10.4. The van der Waals surface area contributed by atoms with E-state index in [4.69, 9.17) is 0 Å². The monoisotopic (exact) mass is 239 g/mol. The average molecular weight is 239 g/mol. The topological polar surface area (TPSA) is 38.3 Å². The molecule has 1 rings (SSSR count). The van der Waals surface area contributed by atoms with Gasteiger partial charge in [0.05, 0.1) is 7.11 Å². The fraction of sp³-hybridized carbons (Fsp3) is 0.462. The van der Waals surface area contributed by atoms with Gasteiger partial charge in [0.1, 0.15) is 11.4 Å². The van der Waals surface area contributed by atoms with Gasteiger partial charge in [0.25, 0.3) is 0 Å². The largest absolute Gasteiger partial charge is 0.468 e. The van der Waals surface area contributed by atoms with Gasteiger partial charge in [0.15, 0.2) is 0 Å². The van der Waals surface area contributed by atoms with Crippen LogP contribution in [0.1, 0.15) is 19.4 Å². The number of methoxy groups -OCH3 is 1. The molecule has 0 saturated heterocycles. The highest BCUT2D eigenvalue weighted by Crippen LogP contribution is 2.07. The van der Waals surface area contributed by atoms with Crippen LogP contribution < -0.4 is 5.32 Å². The molecule has 0 bridgehead atoms. The molecule has 0 heterocycles. The Morgan fingerprint density at radius 1 is 1.47 bits per heavy atom. The van der Waals surface area contributed by atoms with E-state index in [1.54, 1.807) is 19.9 Å². The summed E-state index contributed by atoms with van der Waals surface area (Å²) >= 11 is 0. The van der Waals surface area contributed by atoms with Gasteiger partial charge in [-0.15, -0.1) is 0 Å². The molecule has 0 aliphatic carbocycles. The van der Waals surface area contributed by atoms with Crippen molar-refractivity contribution in [3.63, 3.8) is 0 Å². The van der Waals surface area contributed by atoms with E-state index < -0.39 is 5.54 Å². The van der Waals surface area contributed by atoms with Gasteiger partial charge in [-0.2, -0.15) is 0 Å². The van der Waals surface area contributed by atoms with Crippen LogP contribution in [-0.2, 0) is 16.0 Å². The lowest BCUT2D eigenvalue weighted by molar-refractivity contribution is -0.147. The first kappa shape index (κ1) is 13.6. The number of esters is 1. The molecule has 0 radical (unpaired) electrons. The maximum atomic E-state index is 12.9. The van der Waals surface area contributed by atoms with Crippen molar-refractivity contribution in [2.24, 2.45) is 0 Å². The minimum Gasteiger partial charge on any atom is -0.468 e. The molecule has 94 valence electrons. The van der Waals surface area contributed by atoms with Gasteiger partial charge in [0.2, 0.25) is 0 Å². The summed E-state index contributed by atoms with van der Waals surface area (Å²) in [5.41, 5.74) is 0.181. The Balaban J connectivity index is 2.45. The molecule has 0 saturated carbocycles. The Kier molecular flexibility index (Phi) is 4.63. The third-order valence-electron chi connectivity index (χ3n) is 2.57. The summed E-state index contributed by atoms with van der Waals surface area (Å²) in [6.07, 6.45) is 0.665. The van der Waals surface area contributed by atoms with E-state index in [0.29, 0.717) is 13.0 Å². The number of hydrogen-bond acceptors (Lipinski definition) is 3. The first-order valence-corrected chi connectivity index (χ1v) is 5.53. The molecular weight excluding hydrogens is 221 g/mol. The van der Waals surface area contributed by atoms with Crippen LogP contribution in [0.25, 0.3) is 0 Å². The predicted octanol–water partition coefficient (Wildman–Crippen LogP) is 1.91. The van der Waals surface area contributed by atoms with Crippen molar-refractivity contribution < 1.29 is 13.9 Å². The average Bonchev–Trinajstić information content (AvgIpc) is 2.27. The van der Waals surface area contributed by atoms with Crippen LogP contribution in [0.2, 0.25) is 0 Å². The van der Waals surface area contributed by atoms with E-state index in [1.165, 1.54) is 19.2 Å². The van der Waals surface area contributed by atoms with Crippen LogP contribution >= 0.6 is 0 Å². The van der Waals surface area contributed by atoms with Crippen LogP contribution in [0, 0.1) is 5.82 Å². The maximum absolute atomic E-state index is 12.9. The zero-order valence-electron chi connectivity index (χ0n) is 10.4. The quantitative estimate of drug-likeness (QED) is 0.798. The standard InChI is InChI=1S/C13H18FNO2/c1-13(2,12(16)17-3)15-8-7-10-5-4-6-11(14)9-10/h4-6,9,15H,7-8H2,1-3H3. The molecule has 1 aromatic carbocycles. The van der Waals surface area contributed by atoms with Crippen molar-refractivity contribution in [3.8, 4) is 0 Å². The van der Waals surface area contributed by atoms with Gasteiger partial charge in [-0.25, -0.2) is 4.39 Å². The Labute approximate surface area is 101 Å². The van der Waals surface area contributed by atoms with Crippen molar-refractivity contribution >= 4 is 5.97 Å². The van der Waals surface area contributed by atoms with Crippen LogP contribution in [0.15, 0.2) is 24.3 Å². The lowest BCUT2D eigenvalue weighted by atomic mass is 10.1. The molecule has 0 aliphatic heterocycles. The fourth-order valence-electron chi connectivity index (χ4n) is 1.54. The molecule has 0 unspecified atom stereocenters. The molecule has 1 N–H and O–H groups in total. The molecule has 17 heavy (non-hydrogen) atoms. The highest BCUT2D eigenvalue weighted by atomic mass is 19.1. The minimum absolute atomic E-state index is 0.241. The van der Waals surface area contributed by atoms with Crippen molar-refractivity contribution in [1.82, 2.24) is 5.32 Å². The van der Waals surface area contributed by atoms with Gasteiger partial charge in [-0.05, 0) is 38.0 Å². The van der Waals surface area contributed by atoms with Gasteiger partial charge in [-0.3, -0.25) is 4.79 Å². The Morgan fingerprint density at radius 3 is 2.76 bits per heavy atom. The van der Waals surface area contributed by atoms with E-state index >= 15 is 0 Å². The summed E-state index contributed by atoms with van der Waals surface area (Å²) < 4.78 is 17.6. The molecule has 0 aromatic heterocycles. The van der Waals surface area contributed by atoms with E-state index in [2.05, 4.69) is 10.1 Å². The number of benzene rings is 1. The number of halogens is 1. The number of ether oxygens (including phenoxy) is 1. The number of carbonyl (C=O) groups excluding carboxylic acids is 1. The molecule has 0 aliphatic rings. The number of carbonyl (C=O) groups is 1. The molecule has 3 nitrogen and oxygen atoms in total. The predicted molar refractivity (Wildman–Crippen MR) is 64.2 cm³/mol. The second-order valence-corrected chi connectivity index (χ2v) is 4.42. The molecule has 0 spiro atoms. The summed E-state index contributed by atoms with van der Waals surface area (Å²) in [6, 6.07) is 6.44. The number of nitrogens with one attached hydrogen (secondary N) is 1. The number of rotatable bonds is 5. The highest BCUT2D eigenvalue weighted by molar-refractivity contribution is 5.79. The lowest BCUT2D eigenvalue weighted by Crippen LogP contribution is -2.48. The van der Waals surface area contributed by atoms with Crippen LogP contribution in [0.3, 0.4) is 0 Å².